The van der Waals surface area contributed by atoms with Crippen LogP contribution in [0.2, 0.25) is 0 Å². The first-order chi connectivity index (χ1) is 8.13. The topological polar surface area (TPSA) is 67.2 Å². The molecule has 4 nitrogen and oxygen atoms in total. The summed E-state index contributed by atoms with van der Waals surface area (Å²) < 4.78 is 0. The van der Waals surface area contributed by atoms with E-state index in [0.29, 0.717) is 13.0 Å². The van der Waals surface area contributed by atoms with Gasteiger partial charge in [-0.05, 0) is 53.0 Å². The minimum atomic E-state index is 0.0686. The molecule has 1 amide bonds. The highest BCUT2D eigenvalue weighted by atomic mass is 16.1. The lowest BCUT2D eigenvalue weighted by Gasteiger charge is -2.46. The van der Waals surface area contributed by atoms with Gasteiger partial charge in [0.1, 0.15) is 0 Å². The van der Waals surface area contributed by atoms with Gasteiger partial charge >= 0.3 is 0 Å². The Morgan fingerprint density at radius 2 is 1.83 bits per heavy atom. The van der Waals surface area contributed by atoms with Gasteiger partial charge in [-0.25, -0.2) is 0 Å². The molecule has 0 bridgehead atoms. The molecule has 1 heterocycles. The second kappa shape index (κ2) is 5.57. The number of rotatable bonds is 4. The molecule has 0 saturated carbocycles. The highest BCUT2D eigenvalue weighted by Gasteiger charge is 2.38. The number of carbonyl (C=O) groups excluding carboxylic acids is 1. The van der Waals surface area contributed by atoms with Crippen molar-refractivity contribution in [2.45, 2.75) is 71.0 Å². The molecule has 0 aromatic rings. The molecule has 0 aromatic carbocycles. The van der Waals surface area contributed by atoms with E-state index in [2.05, 4.69) is 38.3 Å². The SMILES string of the molecule is CC(CN)CC(=O)NC1CC(C)(C)NC(C)(C)C1. The molecule has 1 unspecified atom stereocenters. The van der Waals surface area contributed by atoms with Crippen LogP contribution in [0.4, 0.5) is 0 Å². The van der Waals surface area contributed by atoms with Crippen molar-refractivity contribution in [2.24, 2.45) is 11.7 Å². The molecule has 18 heavy (non-hydrogen) atoms. The summed E-state index contributed by atoms with van der Waals surface area (Å²) >= 11 is 0. The van der Waals surface area contributed by atoms with Crippen LogP contribution >= 0.6 is 0 Å². The monoisotopic (exact) mass is 255 g/mol. The van der Waals surface area contributed by atoms with E-state index in [-0.39, 0.29) is 28.9 Å². The Kier molecular flexibility index (Phi) is 4.78. The molecule has 1 atom stereocenters. The van der Waals surface area contributed by atoms with Gasteiger partial charge in [-0.15, -0.1) is 0 Å². The normalized spacial score (nSPS) is 24.6. The van der Waals surface area contributed by atoms with Gasteiger partial charge in [0.05, 0.1) is 0 Å². The van der Waals surface area contributed by atoms with E-state index in [1.54, 1.807) is 0 Å². The number of carbonyl (C=O) groups is 1. The van der Waals surface area contributed by atoms with Crippen molar-refractivity contribution < 1.29 is 4.79 Å². The number of hydrogen-bond acceptors (Lipinski definition) is 3. The summed E-state index contributed by atoms with van der Waals surface area (Å²) in [5.41, 5.74) is 5.69. The summed E-state index contributed by atoms with van der Waals surface area (Å²) in [5.74, 6) is 0.388. The van der Waals surface area contributed by atoms with Crippen LogP contribution in [0, 0.1) is 5.92 Å². The smallest absolute Gasteiger partial charge is 0.220 e. The molecule has 0 aliphatic carbocycles. The molecule has 0 spiro atoms. The first kappa shape index (κ1) is 15.4. The average Bonchev–Trinajstić information content (AvgIpc) is 2.11. The van der Waals surface area contributed by atoms with E-state index in [0.717, 1.165) is 12.8 Å². The predicted octanol–water partition coefficient (Wildman–Crippen LogP) is 1.40. The van der Waals surface area contributed by atoms with Gasteiger partial charge in [0, 0.05) is 23.5 Å². The fourth-order valence-corrected chi connectivity index (χ4v) is 3.11. The summed E-state index contributed by atoms with van der Waals surface area (Å²) in [6.45, 7) is 11.3. The third-order valence-corrected chi connectivity index (χ3v) is 3.49. The number of nitrogens with one attached hydrogen (secondary N) is 2. The molecular weight excluding hydrogens is 226 g/mol. The van der Waals surface area contributed by atoms with Gasteiger partial charge in [0.25, 0.3) is 0 Å². The zero-order valence-corrected chi connectivity index (χ0v) is 12.5. The van der Waals surface area contributed by atoms with Crippen LogP contribution in [0.25, 0.3) is 0 Å². The molecule has 0 radical (unpaired) electrons. The minimum absolute atomic E-state index is 0.0686. The second-order valence-electron chi connectivity index (χ2n) is 7.11. The fourth-order valence-electron chi connectivity index (χ4n) is 3.11. The lowest BCUT2D eigenvalue weighted by Crippen LogP contribution is -2.62. The predicted molar refractivity (Wildman–Crippen MR) is 75.3 cm³/mol. The van der Waals surface area contributed by atoms with Gasteiger partial charge < -0.3 is 16.4 Å². The van der Waals surface area contributed by atoms with E-state index >= 15 is 0 Å². The second-order valence-corrected chi connectivity index (χ2v) is 7.11. The van der Waals surface area contributed by atoms with Gasteiger partial charge in [-0.3, -0.25) is 4.79 Å². The van der Waals surface area contributed by atoms with Crippen molar-refractivity contribution in [2.75, 3.05) is 6.54 Å². The highest BCUT2D eigenvalue weighted by molar-refractivity contribution is 5.76. The number of hydrogen-bond donors (Lipinski definition) is 3. The summed E-state index contributed by atoms with van der Waals surface area (Å²) in [6, 6.07) is 0.258. The van der Waals surface area contributed by atoms with Gasteiger partial charge in [0.2, 0.25) is 5.91 Å². The van der Waals surface area contributed by atoms with E-state index in [4.69, 9.17) is 5.73 Å². The molecule has 0 aromatic heterocycles. The van der Waals surface area contributed by atoms with Crippen LogP contribution in [-0.2, 0) is 4.79 Å². The highest BCUT2D eigenvalue weighted by Crippen LogP contribution is 2.28. The Morgan fingerprint density at radius 3 is 2.28 bits per heavy atom. The van der Waals surface area contributed by atoms with E-state index in [9.17, 15) is 4.79 Å². The zero-order valence-electron chi connectivity index (χ0n) is 12.5. The maximum absolute atomic E-state index is 11.9. The quantitative estimate of drug-likeness (QED) is 0.711. The minimum Gasteiger partial charge on any atom is -0.353 e. The molecule has 1 fully saturated rings. The average molecular weight is 255 g/mol. The van der Waals surface area contributed by atoms with Crippen LogP contribution in [-0.4, -0.2) is 29.6 Å². The van der Waals surface area contributed by atoms with E-state index in [1.165, 1.54) is 0 Å². The molecule has 1 aliphatic heterocycles. The standard InChI is InChI=1S/C14H29N3O/c1-10(9-15)6-12(18)16-11-7-13(2,3)17-14(4,5)8-11/h10-11,17H,6-9,15H2,1-5H3,(H,16,18). The maximum atomic E-state index is 11.9. The molecule has 1 aliphatic rings. The Morgan fingerprint density at radius 1 is 1.33 bits per heavy atom. The zero-order chi connectivity index (χ0) is 14.0. The Hall–Kier alpha value is -0.610. The lowest BCUT2D eigenvalue weighted by molar-refractivity contribution is -0.123. The largest absolute Gasteiger partial charge is 0.353 e. The molecule has 1 rings (SSSR count). The summed E-state index contributed by atoms with van der Waals surface area (Å²) in [7, 11) is 0. The van der Waals surface area contributed by atoms with Crippen LogP contribution < -0.4 is 16.4 Å². The summed E-state index contributed by atoms with van der Waals surface area (Å²) in [5, 5.41) is 6.78. The Labute approximate surface area is 111 Å². The number of nitrogens with two attached hydrogens (primary N) is 1. The maximum Gasteiger partial charge on any atom is 0.220 e. The number of piperidine rings is 1. The molecule has 4 N–H and O–H groups in total. The van der Waals surface area contributed by atoms with Crippen LogP contribution in [0.3, 0.4) is 0 Å². The van der Waals surface area contributed by atoms with Crippen LogP contribution in [0.5, 0.6) is 0 Å². The van der Waals surface area contributed by atoms with Gasteiger partial charge in [-0.2, -0.15) is 0 Å². The van der Waals surface area contributed by atoms with Crippen molar-refractivity contribution >= 4 is 5.91 Å². The number of amides is 1. The third kappa shape index (κ3) is 4.94. The van der Waals surface area contributed by atoms with Crippen molar-refractivity contribution in [1.82, 2.24) is 10.6 Å². The van der Waals surface area contributed by atoms with Crippen LogP contribution in [0.15, 0.2) is 0 Å². The lowest BCUT2D eigenvalue weighted by atomic mass is 9.79. The fraction of sp³-hybridized carbons (Fsp3) is 0.929. The van der Waals surface area contributed by atoms with Crippen LogP contribution in [0.1, 0.15) is 53.9 Å². The van der Waals surface area contributed by atoms with Crippen molar-refractivity contribution in [1.29, 1.82) is 0 Å². The first-order valence-electron chi connectivity index (χ1n) is 6.92. The van der Waals surface area contributed by atoms with Crippen molar-refractivity contribution in [3.05, 3.63) is 0 Å². The summed E-state index contributed by atoms with van der Waals surface area (Å²) in [4.78, 5) is 11.9. The molecular formula is C14H29N3O. The van der Waals surface area contributed by atoms with Gasteiger partial charge in [-0.1, -0.05) is 6.92 Å². The van der Waals surface area contributed by atoms with E-state index in [1.807, 2.05) is 6.92 Å². The van der Waals surface area contributed by atoms with Gasteiger partial charge in [0.15, 0.2) is 0 Å². The van der Waals surface area contributed by atoms with E-state index < -0.39 is 0 Å². The third-order valence-electron chi connectivity index (χ3n) is 3.49. The molecule has 4 heteroatoms. The summed E-state index contributed by atoms with van der Waals surface area (Å²) in [6.07, 6.45) is 2.47. The Bertz CT molecular complexity index is 283. The molecule has 1 saturated heterocycles. The first-order valence-corrected chi connectivity index (χ1v) is 6.92. The Balaban J connectivity index is 2.54. The van der Waals surface area contributed by atoms with Crippen molar-refractivity contribution in [3.63, 3.8) is 0 Å². The van der Waals surface area contributed by atoms with Crippen molar-refractivity contribution in [3.8, 4) is 0 Å². The molecule has 106 valence electrons.